The van der Waals surface area contributed by atoms with Crippen LogP contribution in [0.3, 0.4) is 0 Å². The van der Waals surface area contributed by atoms with E-state index in [1.54, 1.807) is 0 Å². The van der Waals surface area contributed by atoms with Gasteiger partial charge < -0.3 is 0 Å². The van der Waals surface area contributed by atoms with Gasteiger partial charge >= 0.3 is 0 Å². The van der Waals surface area contributed by atoms with E-state index < -0.39 is 0 Å². The van der Waals surface area contributed by atoms with Crippen LogP contribution in [0.25, 0.3) is 11.3 Å². The zero-order valence-corrected chi connectivity index (χ0v) is 13.6. The van der Waals surface area contributed by atoms with Gasteiger partial charge in [0.15, 0.2) is 0 Å². The fourth-order valence-electron chi connectivity index (χ4n) is 3.11. The van der Waals surface area contributed by atoms with Gasteiger partial charge in [0.1, 0.15) is 0 Å². The van der Waals surface area contributed by atoms with Gasteiger partial charge in [0, 0.05) is 17.8 Å². The molecule has 0 unspecified atom stereocenters. The largest absolute Gasteiger partial charge is 0.265 e. The number of pyridine rings is 1. The first-order valence-corrected chi connectivity index (χ1v) is 8.31. The number of hydrogen-bond donors (Lipinski definition) is 0. The predicted molar refractivity (Wildman–Crippen MR) is 86.2 cm³/mol. The second-order valence-corrected chi connectivity index (χ2v) is 6.56. The summed E-state index contributed by atoms with van der Waals surface area (Å²) in [6.45, 7) is 6.97. The van der Waals surface area contributed by atoms with Crippen molar-refractivity contribution in [2.24, 2.45) is 5.92 Å². The monoisotopic (exact) mass is 301 g/mol. The molecule has 4 heteroatoms. The standard InChI is InChI=1S/C18H24FN3/c1-4-22-17(16(11-20-22)12(2)3)15-9-8-14(21-18(15)19)10-13-6-5-7-13/h8-9,11-13H,4-7,10H2,1-3H3. The smallest absolute Gasteiger partial charge is 0.222 e. The number of aromatic nitrogens is 3. The minimum absolute atomic E-state index is 0.310. The Morgan fingerprint density at radius 2 is 2.09 bits per heavy atom. The average molecular weight is 301 g/mol. The first-order valence-electron chi connectivity index (χ1n) is 8.31. The lowest BCUT2D eigenvalue weighted by atomic mass is 9.82. The Hall–Kier alpha value is -1.71. The van der Waals surface area contributed by atoms with E-state index in [1.165, 1.54) is 19.3 Å². The number of aryl methyl sites for hydroxylation is 1. The van der Waals surface area contributed by atoms with E-state index in [2.05, 4.69) is 23.9 Å². The van der Waals surface area contributed by atoms with Crippen LogP contribution in [0.5, 0.6) is 0 Å². The van der Waals surface area contributed by atoms with Crippen molar-refractivity contribution < 1.29 is 4.39 Å². The van der Waals surface area contributed by atoms with E-state index >= 15 is 0 Å². The fourth-order valence-corrected chi connectivity index (χ4v) is 3.11. The number of rotatable bonds is 5. The van der Waals surface area contributed by atoms with Crippen molar-refractivity contribution in [2.75, 3.05) is 0 Å². The van der Waals surface area contributed by atoms with E-state index in [0.717, 1.165) is 29.9 Å². The summed E-state index contributed by atoms with van der Waals surface area (Å²) in [6.07, 6.45) is 6.57. The summed E-state index contributed by atoms with van der Waals surface area (Å²) in [5.41, 5.74) is 3.40. The van der Waals surface area contributed by atoms with Crippen LogP contribution in [-0.4, -0.2) is 14.8 Å². The molecular formula is C18H24FN3. The summed E-state index contributed by atoms with van der Waals surface area (Å²) in [5.74, 6) is 0.642. The Bertz CT molecular complexity index is 656. The summed E-state index contributed by atoms with van der Waals surface area (Å²) in [6, 6.07) is 3.86. The lowest BCUT2D eigenvalue weighted by Crippen LogP contribution is -2.15. The van der Waals surface area contributed by atoms with Gasteiger partial charge in [-0.2, -0.15) is 9.49 Å². The van der Waals surface area contributed by atoms with Crippen molar-refractivity contribution in [2.45, 2.75) is 58.9 Å². The van der Waals surface area contributed by atoms with Crippen molar-refractivity contribution in [3.8, 4) is 11.3 Å². The predicted octanol–water partition coefficient (Wildman–Crippen LogP) is 4.57. The number of halogens is 1. The Kier molecular flexibility index (Phi) is 4.27. The molecule has 1 fully saturated rings. The maximum absolute atomic E-state index is 14.6. The highest BCUT2D eigenvalue weighted by atomic mass is 19.1. The minimum atomic E-state index is -0.367. The van der Waals surface area contributed by atoms with Crippen LogP contribution in [0.4, 0.5) is 4.39 Å². The molecule has 2 heterocycles. The SMILES string of the molecule is CCn1ncc(C(C)C)c1-c1ccc(CC2CCC2)nc1F. The fraction of sp³-hybridized carbons (Fsp3) is 0.556. The first-order chi connectivity index (χ1) is 10.6. The third-order valence-corrected chi connectivity index (χ3v) is 4.67. The topological polar surface area (TPSA) is 30.7 Å². The lowest BCUT2D eigenvalue weighted by Gasteiger charge is -2.24. The van der Waals surface area contributed by atoms with Gasteiger partial charge in [0.25, 0.3) is 0 Å². The van der Waals surface area contributed by atoms with Gasteiger partial charge in [0.05, 0.1) is 17.5 Å². The molecule has 0 saturated heterocycles. The van der Waals surface area contributed by atoms with Gasteiger partial charge in [-0.15, -0.1) is 0 Å². The van der Waals surface area contributed by atoms with Gasteiger partial charge in [-0.05, 0) is 37.3 Å². The van der Waals surface area contributed by atoms with Gasteiger partial charge in [0.2, 0.25) is 5.95 Å². The summed E-state index contributed by atoms with van der Waals surface area (Å²) >= 11 is 0. The van der Waals surface area contributed by atoms with E-state index in [-0.39, 0.29) is 5.95 Å². The lowest BCUT2D eigenvalue weighted by molar-refractivity contribution is 0.311. The van der Waals surface area contributed by atoms with Crippen LogP contribution < -0.4 is 0 Å². The van der Waals surface area contributed by atoms with Gasteiger partial charge in [-0.1, -0.05) is 33.1 Å². The summed E-state index contributed by atoms with van der Waals surface area (Å²) < 4.78 is 16.5. The zero-order chi connectivity index (χ0) is 15.7. The Balaban J connectivity index is 1.96. The molecule has 118 valence electrons. The second kappa shape index (κ2) is 6.19. The van der Waals surface area contributed by atoms with Crippen LogP contribution in [0.15, 0.2) is 18.3 Å². The van der Waals surface area contributed by atoms with Crippen LogP contribution in [0, 0.1) is 11.9 Å². The third-order valence-electron chi connectivity index (χ3n) is 4.67. The highest BCUT2D eigenvalue weighted by Gasteiger charge is 2.21. The van der Waals surface area contributed by atoms with E-state index in [1.807, 2.05) is 29.9 Å². The highest BCUT2D eigenvalue weighted by Crippen LogP contribution is 2.32. The molecule has 0 radical (unpaired) electrons. The van der Waals surface area contributed by atoms with Crippen molar-refractivity contribution in [3.63, 3.8) is 0 Å². The quantitative estimate of drug-likeness (QED) is 0.757. The van der Waals surface area contributed by atoms with Crippen molar-refractivity contribution >= 4 is 0 Å². The molecule has 1 saturated carbocycles. The van der Waals surface area contributed by atoms with E-state index in [9.17, 15) is 4.39 Å². The third kappa shape index (κ3) is 2.79. The molecule has 0 bridgehead atoms. The molecule has 1 aliphatic rings. The number of hydrogen-bond acceptors (Lipinski definition) is 2. The van der Waals surface area contributed by atoms with E-state index in [0.29, 0.717) is 17.4 Å². The molecule has 0 spiro atoms. The normalized spacial score (nSPS) is 15.3. The molecule has 2 aromatic heterocycles. The molecular weight excluding hydrogens is 277 g/mol. The van der Waals surface area contributed by atoms with Crippen LogP contribution in [-0.2, 0) is 13.0 Å². The van der Waals surface area contributed by atoms with Crippen LogP contribution >= 0.6 is 0 Å². The summed E-state index contributed by atoms with van der Waals surface area (Å²) in [5, 5.41) is 4.39. The van der Waals surface area contributed by atoms with Crippen molar-refractivity contribution in [1.29, 1.82) is 0 Å². The molecule has 0 amide bonds. The molecule has 0 N–H and O–H groups in total. The van der Waals surface area contributed by atoms with Crippen LogP contribution in [0.1, 0.15) is 57.2 Å². The molecule has 1 aliphatic carbocycles. The second-order valence-electron chi connectivity index (χ2n) is 6.56. The summed E-state index contributed by atoms with van der Waals surface area (Å²) in [4.78, 5) is 4.22. The molecule has 0 aromatic carbocycles. The van der Waals surface area contributed by atoms with Gasteiger partial charge in [-0.3, -0.25) is 4.68 Å². The Morgan fingerprint density at radius 3 is 2.64 bits per heavy atom. The Labute approximate surface area is 131 Å². The van der Waals surface area contributed by atoms with Crippen molar-refractivity contribution in [1.82, 2.24) is 14.8 Å². The summed E-state index contributed by atoms with van der Waals surface area (Å²) in [7, 11) is 0. The maximum Gasteiger partial charge on any atom is 0.222 e. The van der Waals surface area contributed by atoms with E-state index in [4.69, 9.17) is 0 Å². The minimum Gasteiger partial charge on any atom is -0.265 e. The zero-order valence-electron chi connectivity index (χ0n) is 13.6. The molecule has 0 aliphatic heterocycles. The highest BCUT2D eigenvalue weighted by molar-refractivity contribution is 5.64. The molecule has 0 atom stereocenters. The number of nitrogens with zero attached hydrogens (tertiary/aromatic N) is 3. The van der Waals surface area contributed by atoms with Gasteiger partial charge in [-0.25, -0.2) is 4.98 Å². The maximum atomic E-state index is 14.6. The molecule has 3 rings (SSSR count). The average Bonchev–Trinajstić information content (AvgIpc) is 2.87. The molecule has 22 heavy (non-hydrogen) atoms. The Morgan fingerprint density at radius 1 is 1.32 bits per heavy atom. The first kappa shape index (κ1) is 15.2. The molecule has 3 nitrogen and oxygen atoms in total. The van der Waals surface area contributed by atoms with Crippen molar-refractivity contribution in [3.05, 3.63) is 35.5 Å². The molecule has 2 aromatic rings. The van der Waals surface area contributed by atoms with Crippen LogP contribution in [0.2, 0.25) is 0 Å².